The van der Waals surface area contributed by atoms with Crippen LogP contribution in [0.5, 0.6) is 0 Å². The minimum absolute atomic E-state index is 0.136. The first-order valence-corrected chi connectivity index (χ1v) is 7.68. The third-order valence-electron chi connectivity index (χ3n) is 3.54. The van der Waals surface area contributed by atoms with Gasteiger partial charge in [0.15, 0.2) is 0 Å². The van der Waals surface area contributed by atoms with E-state index in [-0.39, 0.29) is 38.1 Å². The Hall–Kier alpha value is -1.51. The summed E-state index contributed by atoms with van der Waals surface area (Å²) >= 11 is 0. The van der Waals surface area contributed by atoms with Crippen LogP contribution in [0.25, 0.3) is 0 Å². The Morgan fingerprint density at radius 1 is 1.22 bits per heavy atom. The van der Waals surface area contributed by atoms with Crippen LogP contribution in [-0.4, -0.2) is 73.2 Å². The number of carbonyl (C=O) groups is 2. The SMILES string of the molecule is CC(C)CNC(=O)CNC(=O)N1CCN(CC(F)(F)F)[C@H](C)C1. The molecule has 2 N–H and O–H groups in total. The predicted molar refractivity (Wildman–Crippen MR) is 79.9 cm³/mol. The van der Waals surface area contributed by atoms with E-state index in [9.17, 15) is 22.8 Å². The molecule has 0 saturated carbocycles. The number of piperazine rings is 1. The van der Waals surface area contributed by atoms with Gasteiger partial charge in [-0.15, -0.1) is 0 Å². The van der Waals surface area contributed by atoms with Crippen molar-refractivity contribution < 1.29 is 22.8 Å². The van der Waals surface area contributed by atoms with Crippen molar-refractivity contribution in [3.05, 3.63) is 0 Å². The monoisotopic (exact) mass is 338 g/mol. The summed E-state index contributed by atoms with van der Waals surface area (Å²) in [5.74, 6) is 0.0352. The molecule has 3 amide bonds. The predicted octanol–water partition coefficient (Wildman–Crippen LogP) is 1.04. The molecule has 1 atom stereocenters. The van der Waals surface area contributed by atoms with E-state index in [0.717, 1.165) is 0 Å². The lowest BCUT2D eigenvalue weighted by molar-refractivity contribution is -0.153. The molecule has 0 aliphatic carbocycles. The van der Waals surface area contributed by atoms with Gasteiger partial charge in [-0.2, -0.15) is 13.2 Å². The van der Waals surface area contributed by atoms with Crippen molar-refractivity contribution in [2.75, 3.05) is 39.3 Å². The molecule has 9 heteroatoms. The highest BCUT2D eigenvalue weighted by atomic mass is 19.4. The molecule has 6 nitrogen and oxygen atoms in total. The molecule has 0 bridgehead atoms. The molecule has 0 unspecified atom stereocenters. The van der Waals surface area contributed by atoms with Gasteiger partial charge in [-0.05, 0) is 12.8 Å². The Morgan fingerprint density at radius 2 is 1.87 bits per heavy atom. The highest BCUT2D eigenvalue weighted by molar-refractivity contribution is 5.83. The lowest BCUT2D eigenvalue weighted by Gasteiger charge is -2.39. The second-order valence-corrected chi connectivity index (χ2v) is 6.24. The number of carbonyl (C=O) groups excluding carboxylic acids is 2. The van der Waals surface area contributed by atoms with E-state index in [0.29, 0.717) is 12.5 Å². The number of nitrogens with zero attached hydrogens (tertiary/aromatic N) is 2. The summed E-state index contributed by atoms with van der Waals surface area (Å²) in [7, 11) is 0. The van der Waals surface area contributed by atoms with E-state index in [1.54, 1.807) is 6.92 Å². The maximum absolute atomic E-state index is 12.4. The van der Waals surface area contributed by atoms with E-state index in [2.05, 4.69) is 10.6 Å². The van der Waals surface area contributed by atoms with Crippen LogP contribution in [0, 0.1) is 5.92 Å². The van der Waals surface area contributed by atoms with Crippen molar-refractivity contribution >= 4 is 11.9 Å². The van der Waals surface area contributed by atoms with Gasteiger partial charge in [0.25, 0.3) is 0 Å². The summed E-state index contributed by atoms with van der Waals surface area (Å²) in [5.41, 5.74) is 0. The van der Waals surface area contributed by atoms with E-state index < -0.39 is 18.8 Å². The molecule has 1 rings (SSSR count). The third-order valence-corrected chi connectivity index (χ3v) is 3.54. The van der Waals surface area contributed by atoms with Gasteiger partial charge in [0.1, 0.15) is 0 Å². The minimum Gasteiger partial charge on any atom is -0.354 e. The number of urea groups is 1. The normalized spacial score (nSPS) is 19.8. The van der Waals surface area contributed by atoms with Gasteiger partial charge in [0, 0.05) is 32.2 Å². The molecule has 0 radical (unpaired) electrons. The second-order valence-electron chi connectivity index (χ2n) is 6.24. The van der Waals surface area contributed by atoms with Gasteiger partial charge < -0.3 is 15.5 Å². The molecule has 0 aromatic rings. The molecule has 0 spiro atoms. The summed E-state index contributed by atoms with van der Waals surface area (Å²) in [4.78, 5) is 26.2. The van der Waals surface area contributed by atoms with Gasteiger partial charge in [-0.25, -0.2) is 4.79 Å². The summed E-state index contributed by atoms with van der Waals surface area (Å²) in [5, 5.41) is 5.17. The number of alkyl halides is 3. The lowest BCUT2D eigenvalue weighted by atomic mass is 10.2. The Kier molecular flexibility index (Phi) is 7.11. The number of hydrogen-bond acceptors (Lipinski definition) is 3. The Bertz CT molecular complexity index is 415. The second kappa shape index (κ2) is 8.37. The zero-order chi connectivity index (χ0) is 17.6. The molecule has 1 saturated heterocycles. The lowest BCUT2D eigenvalue weighted by Crippen LogP contribution is -2.57. The molecule has 0 aromatic heterocycles. The number of amides is 3. The van der Waals surface area contributed by atoms with E-state index >= 15 is 0 Å². The number of halogens is 3. The summed E-state index contributed by atoms with van der Waals surface area (Å²) < 4.78 is 37.3. The van der Waals surface area contributed by atoms with Crippen LogP contribution in [0.3, 0.4) is 0 Å². The van der Waals surface area contributed by atoms with E-state index in [4.69, 9.17) is 0 Å². The Labute approximate surface area is 134 Å². The molecule has 23 heavy (non-hydrogen) atoms. The van der Waals surface area contributed by atoms with Gasteiger partial charge in [0.05, 0.1) is 13.1 Å². The Balaban J connectivity index is 2.35. The van der Waals surface area contributed by atoms with Crippen molar-refractivity contribution in [2.24, 2.45) is 5.92 Å². The highest BCUT2D eigenvalue weighted by Gasteiger charge is 2.35. The standard InChI is InChI=1S/C14H25F3N4O2/c1-10(2)6-18-12(22)7-19-13(23)20-4-5-21(11(3)8-20)9-14(15,16)17/h10-11H,4-9H2,1-3H3,(H,18,22)(H,19,23)/t11-/m1/s1. The first-order chi connectivity index (χ1) is 10.6. The summed E-state index contributed by atoms with van der Waals surface area (Å²) in [6, 6.07) is -0.811. The average molecular weight is 338 g/mol. The molecular formula is C14H25F3N4O2. The van der Waals surface area contributed by atoms with Crippen molar-refractivity contribution in [3.8, 4) is 0 Å². The molecule has 0 aromatic carbocycles. The van der Waals surface area contributed by atoms with Crippen LogP contribution >= 0.6 is 0 Å². The Morgan fingerprint density at radius 3 is 2.39 bits per heavy atom. The van der Waals surface area contributed by atoms with E-state index in [1.807, 2.05) is 13.8 Å². The van der Waals surface area contributed by atoms with Crippen molar-refractivity contribution in [1.29, 1.82) is 0 Å². The number of rotatable bonds is 5. The maximum Gasteiger partial charge on any atom is 0.401 e. The first kappa shape index (κ1) is 19.5. The van der Waals surface area contributed by atoms with Crippen molar-refractivity contribution in [1.82, 2.24) is 20.4 Å². The molecular weight excluding hydrogens is 313 g/mol. The zero-order valence-corrected chi connectivity index (χ0v) is 13.7. The summed E-state index contributed by atoms with van der Waals surface area (Å²) in [6.45, 7) is 5.57. The van der Waals surface area contributed by atoms with Crippen LogP contribution in [0.4, 0.5) is 18.0 Å². The quantitative estimate of drug-likeness (QED) is 0.787. The van der Waals surface area contributed by atoms with Crippen LogP contribution in [0.1, 0.15) is 20.8 Å². The van der Waals surface area contributed by atoms with Crippen LogP contribution < -0.4 is 10.6 Å². The largest absolute Gasteiger partial charge is 0.401 e. The maximum atomic E-state index is 12.4. The molecule has 1 heterocycles. The highest BCUT2D eigenvalue weighted by Crippen LogP contribution is 2.20. The molecule has 1 aliphatic heterocycles. The minimum atomic E-state index is -4.24. The smallest absolute Gasteiger partial charge is 0.354 e. The van der Waals surface area contributed by atoms with Crippen LogP contribution in [0.2, 0.25) is 0 Å². The first-order valence-electron chi connectivity index (χ1n) is 7.68. The number of hydrogen-bond donors (Lipinski definition) is 2. The summed E-state index contributed by atoms with van der Waals surface area (Å²) in [6.07, 6.45) is -4.24. The van der Waals surface area contributed by atoms with Gasteiger partial charge in [0.2, 0.25) is 5.91 Å². The molecule has 134 valence electrons. The van der Waals surface area contributed by atoms with Gasteiger partial charge >= 0.3 is 12.2 Å². The fraction of sp³-hybridized carbons (Fsp3) is 0.857. The molecule has 1 fully saturated rings. The van der Waals surface area contributed by atoms with Gasteiger partial charge in [-0.3, -0.25) is 9.69 Å². The van der Waals surface area contributed by atoms with Crippen LogP contribution in [0.15, 0.2) is 0 Å². The number of nitrogens with one attached hydrogen (secondary N) is 2. The van der Waals surface area contributed by atoms with Gasteiger partial charge in [-0.1, -0.05) is 13.8 Å². The van der Waals surface area contributed by atoms with E-state index in [1.165, 1.54) is 9.80 Å². The van der Waals surface area contributed by atoms with Crippen molar-refractivity contribution in [3.63, 3.8) is 0 Å². The third kappa shape index (κ3) is 7.54. The molecule has 1 aliphatic rings. The van der Waals surface area contributed by atoms with Crippen molar-refractivity contribution in [2.45, 2.75) is 33.0 Å². The zero-order valence-electron chi connectivity index (χ0n) is 13.7. The average Bonchev–Trinajstić information content (AvgIpc) is 2.43. The van der Waals surface area contributed by atoms with Crippen LogP contribution in [-0.2, 0) is 4.79 Å². The fourth-order valence-electron chi connectivity index (χ4n) is 2.29. The topological polar surface area (TPSA) is 64.7 Å². The fourth-order valence-corrected chi connectivity index (χ4v) is 2.29.